The fourth-order valence-corrected chi connectivity index (χ4v) is 2.29. The maximum Gasteiger partial charge on any atom is 0.246 e. The molecule has 1 aliphatic rings. The smallest absolute Gasteiger partial charge is 0.246 e. The lowest BCUT2D eigenvalue weighted by atomic mass is 9.99. The summed E-state index contributed by atoms with van der Waals surface area (Å²) < 4.78 is 0. The molecule has 1 aromatic rings. The molecule has 0 spiro atoms. The Morgan fingerprint density at radius 2 is 2.10 bits per heavy atom. The largest absolute Gasteiger partial charge is 0.304 e. The fourth-order valence-electron chi connectivity index (χ4n) is 2.29. The third-order valence-corrected chi connectivity index (χ3v) is 3.58. The minimum absolute atomic E-state index is 0.145. The van der Waals surface area contributed by atoms with Crippen LogP contribution in [-0.4, -0.2) is 36.3 Å². The van der Waals surface area contributed by atoms with E-state index in [1.165, 1.54) is 7.05 Å². The lowest BCUT2D eigenvalue weighted by Gasteiger charge is -2.28. The summed E-state index contributed by atoms with van der Waals surface area (Å²) >= 11 is 0. The van der Waals surface area contributed by atoms with Gasteiger partial charge < -0.3 is 5.32 Å². The molecule has 2 atom stereocenters. The van der Waals surface area contributed by atoms with Crippen LogP contribution in [0.4, 0.5) is 0 Å². The molecule has 0 aliphatic carbocycles. The second kappa shape index (κ2) is 6.31. The summed E-state index contributed by atoms with van der Waals surface area (Å²) in [7, 11) is 1.50. The van der Waals surface area contributed by atoms with E-state index in [2.05, 4.69) is 11.4 Å². The van der Waals surface area contributed by atoms with Gasteiger partial charge in [-0.1, -0.05) is 30.3 Å². The van der Waals surface area contributed by atoms with Crippen LogP contribution < -0.4 is 5.32 Å². The summed E-state index contributed by atoms with van der Waals surface area (Å²) in [5, 5.41) is 12.3. The first-order valence-electron chi connectivity index (χ1n) is 6.62. The number of piperidine rings is 1. The quantitative estimate of drug-likeness (QED) is 0.830. The number of likely N-dealkylation sites (N-methyl/N-ethyl adjacent to an activating group) is 1. The highest BCUT2D eigenvalue weighted by Crippen LogP contribution is 2.16. The first-order chi connectivity index (χ1) is 9.63. The Balaban J connectivity index is 1.96. The van der Waals surface area contributed by atoms with E-state index >= 15 is 0 Å². The third kappa shape index (κ3) is 3.03. The van der Waals surface area contributed by atoms with Crippen LogP contribution in [0.5, 0.6) is 0 Å². The molecule has 104 valence electrons. The van der Waals surface area contributed by atoms with Gasteiger partial charge >= 0.3 is 0 Å². The number of amides is 2. The second-order valence-corrected chi connectivity index (χ2v) is 4.88. The van der Waals surface area contributed by atoms with Crippen molar-refractivity contribution in [3.63, 3.8) is 0 Å². The molecule has 0 radical (unpaired) electrons. The normalized spacial score (nSPS) is 20.6. The summed E-state index contributed by atoms with van der Waals surface area (Å²) in [4.78, 5) is 24.5. The van der Waals surface area contributed by atoms with Crippen molar-refractivity contribution in [3.05, 3.63) is 35.9 Å². The summed E-state index contributed by atoms with van der Waals surface area (Å²) in [6, 6.07) is 11.3. The van der Waals surface area contributed by atoms with Crippen molar-refractivity contribution in [2.45, 2.75) is 24.8 Å². The molecule has 1 heterocycles. The molecule has 0 aromatic heterocycles. The maximum absolute atomic E-state index is 11.9. The van der Waals surface area contributed by atoms with Crippen molar-refractivity contribution in [2.24, 2.45) is 0 Å². The van der Waals surface area contributed by atoms with Gasteiger partial charge in [0.2, 0.25) is 11.8 Å². The Bertz CT molecular complexity index is 536. The van der Waals surface area contributed by atoms with Crippen LogP contribution in [-0.2, 0) is 9.59 Å². The lowest BCUT2D eigenvalue weighted by molar-refractivity contribution is -0.148. The van der Waals surface area contributed by atoms with Gasteiger partial charge in [0, 0.05) is 20.0 Å². The molecule has 1 aromatic carbocycles. The van der Waals surface area contributed by atoms with Crippen molar-refractivity contribution in [1.82, 2.24) is 10.2 Å². The molecule has 5 heteroatoms. The Morgan fingerprint density at radius 1 is 1.40 bits per heavy atom. The number of hydrogen-bond acceptors (Lipinski definition) is 4. The molecular formula is C15H17N3O2. The number of carbonyl (C=O) groups is 2. The predicted molar refractivity (Wildman–Crippen MR) is 73.6 cm³/mol. The summed E-state index contributed by atoms with van der Waals surface area (Å²) in [5.74, 6) is -0.661. The zero-order valence-electron chi connectivity index (χ0n) is 11.4. The molecule has 1 saturated heterocycles. The number of imide groups is 1. The zero-order chi connectivity index (χ0) is 14.5. The highest BCUT2D eigenvalue weighted by Gasteiger charge is 2.31. The molecule has 1 aliphatic heterocycles. The number of hydrogen-bond donors (Lipinski definition) is 1. The van der Waals surface area contributed by atoms with Gasteiger partial charge in [0.25, 0.3) is 0 Å². The van der Waals surface area contributed by atoms with Crippen LogP contribution >= 0.6 is 0 Å². The lowest BCUT2D eigenvalue weighted by Crippen LogP contribution is -2.52. The molecule has 2 rings (SSSR count). The van der Waals surface area contributed by atoms with Crippen LogP contribution in [0.1, 0.15) is 24.3 Å². The van der Waals surface area contributed by atoms with Gasteiger partial charge in [0.15, 0.2) is 0 Å². The summed E-state index contributed by atoms with van der Waals surface area (Å²) in [6.07, 6.45) is 0.859. The Hall–Kier alpha value is -2.19. The predicted octanol–water partition coefficient (Wildman–Crippen LogP) is 1.03. The van der Waals surface area contributed by atoms with Crippen molar-refractivity contribution in [2.75, 3.05) is 13.6 Å². The fraction of sp³-hybridized carbons (Fsp3) is 0.400. The third-order valence-electron chi connectivity index (χ3n) is 3.58. The van der Waals surface area contributed by atoms with E-state index in [1.807, 2.05) is 30.3 Å². The average Bonchev–Trinajstić information content (AvgIpc) is 2.48. The van der Waals surface area contributed by atoms with E-state index in [1.54, 1.807) is 0 Å². The van der Waals surface area contributed by atoms with Gasteiger partial charge in [-0.15, -0.1) is 0 Å². The highest BCUT2D eigenvalue weighted by molar-refractivity contribution is 6.00. The monoisotopic (exact) mass is 271 g/mol. The van der Waals surface area contributed by atoms with Crippen LogP contribution in [0.15, 0.2) is 30.3 Å². The van der Waals surface area contributed by atoms with E-state index in [4.69, 9.17) is 0 Å². The molecule has 0 saturated carbocycles. The van der Waals surface area contributed by atoms with Crippen molar-refractivity contribution < 1.29 is 9.59 Å². The Morgan fingerprint density at radius 3 is 2.75 bits per heavy atom. The van der Waals surface area contributed by atoms with Gasteiger partial charge in [0.1, 0.15) is 0 Å². The van der Waals surface area contributed by atoms with Gasteiger partial charge in [-0.25, -0.2) is 0 Å². The van der Waals surface area contributed by atoms with Gasteiger partial charge in [-0.2, -0.15) is 5.26 Å². The summed E-state index contributed by atoms with van der Waals surface area (Å²) in [5.41, 5.74) is 0.926. The summed E-state index contributed by atoms with van der Waals surface area (Å²) in [6.45, 7) is 0.402. The second-order valence-electron chi connectivity index (χ2n) is 4.88. The average molecular weight is 271 g/mol. The van der Waals surface area contributed by atoms with Gasteiger partial charge in [-0.05, 0) is 12.0 Å². The molecule has 0 bridgehead atoms. The minimum Gasteiger partial charge on any atom is -0.304 e. The number of carbonyl (C=O) groups excluding carboxylic acids is 2. The molecule has 2 amide bonds. The van der Waals surface area contributed by atoms with Crippen LogP contribution in [0.2, 0.25) is 0 Å². The van der Waals surface area contributed by atoms with E-state index in [9.17, 15) is 14.9 Å². The van der Waals surface area contributed by atoms with E-state index in [-0.39, 0.29) is 23.8 Å². The zero-order valence-corrected chi connectivity index (χ0v) is 11.4. The molecule has 1 N–H and O–H groups in total. The highest BCUT2D eigenvalue weighted by atomic mass is 16.2. The Kier molecular flexibility index (Phi) is 4.49. The molecule has 1 fully saturated rings. The number of rotatable bonds is 4. The van der Waals surface area contributed by atoms with E-state index in [0.29, 0.717) is 19.4 Å². The SMILES string of the molecule is CN1C(=O)CCC(NCC(C#N)c2ccccc2)C1=O. The standard InChI is InChI=1S/C15H17N3O2/c1-18-14(19)8-7-13(15(18)20)17-10-12(9-16)11-5-3-2-4-6-11/h2-6,12-13,17H,7-8,10H2,1H3. The first-order valence-corrected chi connectivity index (χ1v) is 6.62. The van der Waals surface area contributed by atoms with Gasteiger partial charge in [0.05, 0.1) is 18.0 Å². The van der Waals surface area contributed by atoms with Crippen molar-refractivity contribution in [3.8, 4) is 6.07 Å². The van der Waals surface area contributed by atoms with Crippen LogP contribution in [0, 0.1) is 11.3 Å². The number of likely N-dealkylation sites (tertiary alicyclic amines) is 1. The van der Waals surface area contributed by atoms with Crippen molar-refractivity contribution >= 4 is 11.8 Å². The van der Waals surface area contributed by atoms with Crippen molar-refractivity contribution in [1.29, 1.82) is 5.26 Å². The van der Waals surface area contributed by atoms with Gasteiger partial charge in [-0.3, -0.25) is 14.5 Å². The van der Waals surface area contributed by atoms with E-state index < -0.39 is 0 Å². The number of nitriles is 1. The maximum atomic E-state index is 11.9. The number of nitrogens with one attached hydrogen (secondary N) is 1. The molecule has 2 unspecified atom stereocenters. The number of nitrogens with zero attached hydrogens (tertiary/aromatic N) is 2. The van der Waals surface area contributed by atoms with E-state index in [0.717, 1.165) is 10.5 Å². The first kappa shape index (κ1) is 14.2. The molecule has 20 heavy (non-hydrogen) atoms. The van der Waals surface area contributed by atoms with Crippen LogP contribution in [0.25, 0.3) is 0 Å². The topological polar surface area (TPSA) is 73.2 Å². The minimum atomic E-state index is -0.378. The Labute approximate surface area is 118 Å². The number of benzene rings is 1. The van der Waals surface area contributed by atoms with Crippen LogP contribution in [0.3, 0.4) is 0 Å². The molecule has 5 nitrogen and oxygen atoms in total. The molecular weight excluding hydrogens is 254 g/mol.